The first kappa shape index (κ1) is 17.8. The molecule has 3 amide bonds. The Morgan fingerprint density at radius 2 is 1.81 bits per heavy atom. The van der Waals surface area contributed by atoms with Crippen molar-refractivity contribution in [3.8, 4) is 0 Å². The third kappa shape index (κ3) is 3.14. The third-order valence-electron chi connectivity index (χ3n) is 5.47. The molecule has 3 heterocycles. The number of hydrogen-bond donors (Lipinski definition) is 0. The van der Waals surface area contributed by atoms with Crippen LogP contribution in [0.4, 0.5) is 4.79 Å². The van der Waals surface area contributed by atoms with Gasteiger partial charge in [0.05, 0.1) is 13.2 Å². The largest absolute Gasteiger partial charge is 0.378 e. The van der Waals surface area contributed by atoms with Crippen molar-refractivity contribution < 1.29 is 14.3 Å². The molecule has 4 rings (SSSR count). The average molecular weight is 371 g/mol. The van der Waals surface area contributed by atoms with Crippen LogP contribution in [0.15, 0.2) is 35.3 Å². The molecule has 0 saturated carbocycles. The Hall–Kier alpha value is -2.61. The summed E-state index contributed by atoms with van der Waals surface area (Å²) in [6.07, 6.45) is 0.331. The predicted octanol–water partition coefficient (Wildman–Crippen LogP) is 0.451. The van der Waals surface area contributed by atoms with Gasteiger partial charge in [0.15, 0.2) is 18.2 Å². The maximum atomic E-state index is 12.9. The van der Waals surface area contributed by atoms with Gasteiger partial charge in [-0.1, -0.05) is 30.3 Å². The number of morpholine rings is 1. The number of fused-ring (bicyclic) bond motifs is 1. The van der Waals surface area contributed by atoms with Gasteiger partial charge in [-0.25, -0.2) is 9.79 Å². The summed E-state index contributed by atoms with van der Waals surface area (Å²) in [4.78, 5) is 37.1. The van der Waals surface area contributed by atoms with Crippen LogP contribution in [0.2, 0.25) is 0 Å². The number of likely N-dealkylation sites (N-methyl/N-ethyl adjacent to an activating group) is 2. The first-order valence-electron chi connectivity index (χ1n) is 9.33. The average Bonchev–Trinajstić information content (AvgIpc) is 3.10. The van der Waals surface area contributed by atoms with E-state index < -0.39 is 12.2 Å². The summed E-state index contributed by atoms with van der Waals surface area (Å²) in [7, 11) is 3.25. The lowest BCUT2D eigenvalue weighted by Crippen LogP contribution is -2.64. The summed E-state index contributed by atoms with van der Waals surface area (Å²) in [5.41, 5.74) is 1.21. The number of hydrogen-bond acceptors (Lipinski definition) is 6. The molecule has 1 aromatic carbocycles. The zero-order valence-corrected chi connectivity index (χ0v) is 15.7. The molecule has 0 aromatic heterocycles. The van der Waals surface area contributed by atoms with E-state index in [1.54, 1.807) is 19.0 Å². The minimum absolute atomic E-state index is 0.192. The number of rotatable bonds is 3. The molecule has 0 aliphatic carbocycles. The monoisotopic (exact) mass is 371 g/mol. The third-order valence-corrected chi connectivity index (χ3v) is 5.47. The Labute approximate surface area is 159 Å². The molecule has 8 heteroatoms. The normalized spacial score (nSPS) is 25.8. The first-order chi connectivity index (χ1) is 13.1. The van der Waals surface area contributed by atoms with Crippen LogP contribution in [0.1, 0.15) is 5.56 Å². The molecule has 0 spiro atoms. The van der Waals surface area contributed by atoms with E-state index in [0.717, 1.165) is 25.5 Å². The van der Waals surface area contributed by atoms with Crippen molar-refractivity contribution >= 4 is 17.9 Å². The van der Waals surface area contributed by atoms with Crippen molar-refractivity contribution in [3.63, 3.8) is 0 Å². The first-order valence-corrected chi connectivity index (χ1v) is 9.33. The summed E-state index contributed by atoms with van der Waals surface area (Å²) in [6, 6.07) is 9.43. The van der Waals surface area contributed by atoms with Crippen molar-refractivity contribution in [2.24, 2.45) is 4.99 Å². The number of nitrogens with zero attached hydrogens (tertiary/aromatic N) is 5. The zero-order valence-electron chi connectivity index (χ0n) is 15.7. The van der Waals surface area contributed by atoms with Crippen molar-refractivity contribution in [3.05, 3.63) is 35.9 Å². The number of urea groups is 1. The Morgan fingerprint density at radius 3 is 2.52 bits per heavy atom. The minimum atomic E-state index is -0.477. The van der Waals surface area contributed by atoms with Gasteiger partial charge in [-0.3, -0.25) is 9.69 Å². The molecular weight excluding hydrogens is 346 g/mol. The van der Waals surface area contributed by atoms with E-state index in [1.165, 1.54) is 10.5 Å². The Morgan fingerprint density at radius 1 is 1.11 bits per heavy atom. The van der Waals surface area contributed by atoms with E-state index >= 15 is 0 Å². The van der Waals surface area contributed by atoms with E-state index in [0.29, 0.717) is 19.8 Å². The molecular formula is C19H25N5O3. The van der Waals surface area contributed by atoms with Crippen LogP contribution in [-0.2, 0) is 16.0 Å². The number of carbonyl (C=O) groups excluding carboxylic acids is 2. The quantitative estimate of drug-likeness (QED) is 0.772. The van der Waals surface area contributed by atoms with Crippen molar-refractivity contribution in [2.45, 2.75) is 18.6 Å². The van der Waals surface area contributed by atoms with Crippen LogP contribution >= 0.6 is 0 Å². The van der Waals surface area contributed by atoms with E-state index in [4.69, 9.17) is 9.73 Å². The van der Waals surface area contributed by atoms with Crippen LogP contribution in [0.3, 0.4) is 0 Å². The minimum Gasteiger partial charge on any atom is -0.378 e. The second-order valence-electron chi connectivity index (χ2n) is 7.11. The van der Waals surface area contributed by atoms with Crippen molar-refractivity contribution in [2.75, 3.05) is 46.9 Å². The lowest BCUT2D eigenvalue weighted by molar-refractivity contribution is -0.136. The summed E-state index contributed by atoms with van der Waals surface area (Å²) >= 11 is 0. The molecule has 0 N–H and O–H groups in total. The Bertz CT molecular complexity index is 747. The van der Waals surface area contributed by atoms with E-state index in [2.05, 4.69) is 21.9 Å². The standard InChI is InChI=1S/C19H25N5O3/c1-21-16-15(17(25)22(2)19(21)26)24(9-8-14-6-4-3-5-7-14)18(20-16)23-10-12-27-13-11-23/h3-7,15-16H,8-13H2,1-2H3/t15-,16+/m1/s1. The number of ether oxygens (including phenoxy) is 1. The number of carbonyl (C=O) groups is 2. The predicted molar refractivity (Wildman–Crippen MR) is 100 cm³/mol. The molecule has 27 heavy (non-hydrogen) atoms. The van der Waals surface area contributed by atoms with Gasteiger partial charge >= 0.3 is 6.03 Å². The van der Waals surface area contributed by atoms with E-state index in [1.807, 2.05) is 18.2 Å². The molecule has 1 aromatic rings. The fourth-order valence-electron chi connectivity index (χ4n) is 3.91. The second kappa shape index (κ2) is 7.19. The van der Waals surface area contributed by atoms with E-state index in [9.17, 15) is 9.59 Å². The molecule has 3 aliphatic rings. The maximum Gasteiger partial charge on any atom is 0.328 e. The molecule has 2 saturated heterocycles. The SMILES string of the molecule is CN1C(=O)[C@H]2[C@@H](N=C(N3CCOCC3)N2CCc2ccccc2)N(C)C1=O. The number of guanidine groups is 1. The molecule has 2 fully saturated rings. The Balaban J connectivity index is 1.62. The zero-order chi connectivity index (χ0) is 19.0. The lowest BCUT2D eigenvalue weighted by atomic mass is 10.1. The van der Waals surface area contributed by atoms with Gasteiger partial charge in [0.25, 0.3) is 5.91 Å². The molecule has 8 nitrogen and oxygen atoms in total. The van der Waals surface area contributed by atoms with Crippen LogP contribution in [-0.4, -0.2) is 96.6 Å². The summed E-state index contributed by atoms with van der Waals surface area (Å²) < 4.78 is 5.46. The Kier molecular flexibility index (Phi) is 4.73. The fourth-order valence-corrected chi connectivity index (χ4v) is 3.91. The van der Waals surface area contributed by atoms with Gasteiger partial charge in [-0.05, 0) is 12.0 Å². The number of imide groups is 1. The van der Waals surface area contributed by atoms with Crippen LogP contribution < -0.4 is 0 Å². The summed E-state index contributed by atoms with van der Waals surface area (Å²) in [6.45, 7) is 3.43. The van der Waals surface area contributed by atoms with Crippen LogP contribution in [0.5, 0.6) is 0 Å². The van der Waals surface area contributed by atoms with Gasteiger partial charge < -0.3 is 19.4 Å². The number of benzene rings is 1. The highest BCUT2D eigenvalue weighted by atomic mass is 16.5. The molecule has 144 valence electrons. The van der Waals surface area contributed by atoms with Gasteiger partial charge in [0, 0.05) is 33.7 Å². The lowest BCUT2D eigenvalue weighted by Gasteiger charge is -2.41. The fraction of sp³-hybridized carbons (Fsp3) is 0.526. The smallest absolute Gasteiger partial charge is 0.328 e. The highest BCUT2D eigenvalue weighted by molar-refractivity contribution is 6.03. The highest BCUT2D eigenvalue weighted by Crippen LogP contribution is 2.28. The molecule has 2 atom stereocenters. The second-order valence-corrected chi connectivity index (χ2v) is 7.11. The van der Waals surface area contributed by atoms with Crippen molar-refractivity contribution in [1.29, 1.82) is 0 Å². The maximum absolute atomic E-state index is 12.9. The van der Waals surface area contributed by atoms with Crippen molar-refractivity contribution in [1.82, 2.24) is 19.6 Å². The summed E-state index contributed by atoms with van der Waals surface area (Å²) in [5, 5.41) is 0. The van der Waals surface area contributed by atoms with Crippen LogP contribution in [0.25, 0.3) is 0 Å². The number of amides is 3. The van der Waals surface area contributed by atoms with Gasteiger partial charge in [0.2, 0.25) is 0 Å². The highest BCUT2D eigenvalue weighted by Gasteiger charge is 2.51. The molecule has 0 bridgehead atoms. The van der Waals surface area contributed by atoms with Gasteiger partial charge in [-0.2, -0.15) is 0 Å². The number of aliphatic imine (C=N–C) groups is 1. The van der Waals surface area contributed by atoms with Crippen LogP contribution in [0, 0.1) is 0 Å². The topological polar surface area (TPSA) is 68.7 Å². The molecule has 3 aliphatic heterocycles. The van der Waals surface area contributed by atoms with E-state index in [-0.39, 0.29) is 11.9 Å². The molecule has 0 unspecified atom stereocenters. The molecule has 0 radical (unpaired) electrons. The van der Waals surface area contributed by atoms with Gasteiger partial charge in [0.1, 0.15) is 0 Å². The summed E-state index contributed by atoms with van der Waals surface area (Å²) in [5.74, 6) is 0.607. The van der Waals surface area contributed by atoms with Gasteiger partial charge in [-0.15, -0.1) is 0 Å².